The summed E-state index contributed by atoms with van der Waals surface area (Å²) in [7, 11) is 0. The Morgan fingerprint density at radius 3 is 1.55 bits per heavy atom. The Kier molecular flexibility index (Phi) is 10.6. The predicted molar refractivity (Wildman–Crippen MR) is 224 cm³/mol. The number of nitrogens with zero attached hydrogens (tertiary/aromatic N) is 8. The SMILES string of the molecule is CCCn1c(-c2cnc(N(c3ccc(F)cc3)N(c3ccccc3F)c3ncc(-c4nc5cccc(Cl)c5n4CCC)cc3Cl)c(Cl)c2)nc2cccc(Cl)c21. The molecule has 0 fully saturated rings. The van der Waals surface area contributed by atoms with Crippen LogP contribution in [-0.2, 0) is 13.1 Å². The molecule has 8 aromatic rings. The largest absolute Gasteiger partial charge is 0.323 e. The summed E-state index contributed by atoms with van der Waals surface area (Å²) in [4.78, 5) is 19.5. The van der Waals surface area contributed by atoms with Crippen molar-refractivity contribution in [3.05, 3.63) is 141 Å². The predicted octanol–water partition coefficient (Wildman–Crippen LogP) is 13.1. The van der Waals surface area contributed by atoms with E-state index in [9.17, 15) is 4.39 Å². The summed E-state index contributed by atoms with van der Waals surface area (Å²) in [5.41, 5.74) is 4.80. The lowest BCUT2D eigenvalue weighted by molar-refractivity contribution is 0.623. The van der Waals surface area contributed by atoms with E-state index < -0.39 is 11.6 Å². The van der Waals surface area contributed by atoms with Gasteiger partial charge in [0, 0.05) is 36.6 Å². The second-order valence-electron chi connectivity index (χ2n) is 13.0. The average Bonchev–Trinajstić information content (AvgIpc) is 3.75. The second-order valence-corrected chi connectivity index (χ2v) is 14.6. The highest BCUT2D eigenvalue weighted by molar-refractivity contribution is 6.36. The molecule has 8 rings (SSSR count). The lowest BCUT2D eigenvalue weighted by atomic mass is 10.2. The zero-order valence-electron chi connectivity index (χ0n) is 30.1. The maximum absolute atomic E-state index is 16.1. The molecule has 0 unspecified atom stereocenters. The van der Waals surface area contributed by atoms with Gasteiger partial charge >= 0.3 is 0 Å². The van der Waals surface area contributed by atoms with Crippen molar-refractivity contribution in [3.8, 4) is 22.8 Å². The van der Waals surface area contributed by atoms with E-state index in [0.717, 1.165) is 34.9 Å². The Balaban J connectivity index is 1.31. The molecule has 4 heterocycles. The number of hydrazine groups is 1. The van der Waals surface area contributed by atoms with Crippen molar-refractivity contribution in [2.45, 2.75) is 39.8 Å². The fraction of sp³-hybridized carbons (Fsp3) is 0.143. The fourth-order valence-corrected chi connectivity index (χ4v) is 7.92. The van der Waals surface area contributed by atoms with Crippen molar-refractivity contribution in [2.24, 2.45) is 0 Å². The van der Waals surface area contributed by atoms with Gasteiger partial charge in [-0.05, 0) is 85.6 Å². The number of pyridine rings is 2. The van der Waals surface area contributed by atoms with Crippen molar-refractivity contribution in [2.75, 3.05) is 10.0 Å². The summed E-state index contributed by atoms with van der Waals surface area (Å²) in [5.74, 6) is 0.527. The van der Waals surface area contributed by atoms with Gasteiger partial charge in [0.1, 0.15) is 29.0 Å². The molecule has 0 bridgehead atoms. The van der Waals surface area contributed by atoms with Crippen LogP contribution >= 0.6 is 46.4 Å². The van der Waals surface area contributed by atoms with Gasteiger partial charge in [-0.2, -0.15) is 0 Å². The van der Waals surface area contributed by atoms with Crippen LogP contribution in [0.2, 0.25) is 20.1 Å². The summed E-state index contributed by atoms with van der Waals surface area (Å²) >= 11 is 27.6. The van der Waals surface area contributed by atoms with E-state index in [-0.39, 0.29) is 27.4 Å². The maximum atomic E-state index is 16.1. The van der Waals surface area contributed by atoms with Gasteiger partial charge in [-0.1, -0.05) is 84.5 Å². The molecule has 8 nitrogen and oxygen atoms in total. The Labute approximate surface area is 341 Å². The average molecular weight is 829 g/mol. The molecule has 0 saturated carbocycles. The third-order valence-electron chi connectivity index (χ3n) is 9.24. The topological polar surface area (TPSA) is 67.9 Å². The molecule has 0 aliphatic carbocycles. The highest BCUT2D eigenvalue weighted by atomic mass is 35.5. The monoisotopic (exact) mass is 826 g/mol. The number of aromatic nitrogens is 6. The Morgan fingerprint density at radius 1 is 0.571 bits per heavy atom. The summed E-state index contributed by atoms with van der Waals surface area (Å²) in [6, 6.07) is 26.5. The molecule has 0 radical (unpaired) electrons. The minimum absolute atomic E-state index is 0.0744. The molecule has 4 aromatic heterocycles. The van der Waals surface area contributed by atoms with Gasteiger partial charge in [0.25, 0.3) is 0 Å². The number of anilines is 4. The minimum atomic E-state index is -0.584. The van der Waals surface area contributed by atoms with Gasteiger partial charge in [-0.15, -0.1) is 0 Å². The van der Waals surface area contributed by atoms with Crippen molar-refractivity contribution in [3.63, 3.8) is 0 Å². The van der Waals surface area contributed by atoms with Crippen LogP contribution in [0.3, 0.4) is 0 Å². The second kappa shape index (κ2) is 15.7. The Hall–Kier alpha value is -5.26. The highest BCUT2D eigenvalue weighted by Gasteiger charge is 2.30. The van der Waals surface area contributed by atoms with Crippen molar-refractivity contribution >= 4 is 91.5 Å². The third kappa shape index (κ3) is 6.81. The lowest BCUT2D eigenvalue weighted by Gasteiger charge is -2.37. The highest BCUT2D eigenvalue weighted by Crippen LogP contribution is 2.43. The number of halogens is 6. The standard InChI is InChI=1S/C42H32Cl4F2N8/c1-3-19-53-37-29(43)9-7-12-34(37)51-39(53)25-21-31(45)41(49-23-25)55(28-17-15-27(47)16-18-28)56(36-14-6-5-11-33(36)48)42-32(46)22-26(24-50-42)40-52-35-13-8-10-30(44)38(35)54(40)20-4-2/h5-18,21-24H,3-4,19-20H2,1-2H3. The first-order chi connectivity index (χ1) is 27.2. The Morgan fingerprint density at radius 2 is 1.07 bits per heavy atom. The number of fused-ring (bicyclic) bond motifs is 2. The number of hydrogen-bond donors (Lipinski definition) is 0. The quantitative estimate of drug-likeness (QED) is 0.121. The minimum Gasteiger partial charge on any atom is -0.323 e. The van der Waals surface area contributed by atoms with Crippen LogP contribution in [-0.4, -0.2) is 29.1 Å². The van der Waals surface area contributed by atoms with Crippen LogP contribution in [0.4, 0.5) is 31.8 Å². The van der Waals surface area contributed by atoms with E-state index in [1.54, 1.807) is 47.7 Å². The molecular formula is C42H32Cl4F2N8. The summed E-state index contributed by atoms with van der Waals surface area (Å²) in [5, 5.41) is 4.53. The molecule has 0 aliphatic heterocycles. The van der Waals surface area contributed by atoms with Gasteiger partial charge < -0.3 is 9.13 Å². The first kappa shape index (κ1) is 37.7. The molecular weight excluding hydrogens is 796 g/mol. The summed E-state index contributed by atoms with van der Waals surface area (Å²) in [6.07, 6.45) is 4.92. The number of benzene rings is 4. The normalized spacial score (nSPS) is 11.5. The molecule has 0 spiro atoms. The molecule has 0 amide bonds. The van der Waals surface area contributed by atoms with Gasteiger partial charge in [0.15, 0.2) is 11.6 Å². The van der Waals surface area contributed by atoms with Crippen LogP contribution in [0.25, 0.3) is 44.8 Å². The molecule has 282 valence electrons. The number of para-hydroxylation sites is 3. The van der Waals surface area contributed by atoms with Gasteiger partial charge in [-0.3, -0.25) is 0 Å². The van der Waals surface area contributed by atoms with Crippen molar-refractivity contribution in [1.29, 1.82) is 0 Å². The molecule has 56 heavy (non-hydrogen) atoms. The van der Waals surface area contributed by atoms with E-state index >= 15 is 4.39 Å². The zero-order valence-corrected chi connectivity index (χ0v) is 33.1. The molecule has 0 saturated heterocycles. The van der Waals surface area contributed by atoms with Gasteiger partial charge in [0.2, 0.25) is 0 Å². The molecule has 14 heteroatoms. The van der Waals surface area contributed by atoms with Crippen LogP contribution in [0.15, 0.2) is 109 Å². The number of rotatable bonds is 11. The molecule has 0 N–H and O–H groups in total. The van der Waals surface area contributed by atoms with Crippen LogP contribution in [0.5, 0.6) is 0 Å². The third-order valence-corrected chi connectivity index (χ3v) is 10.4. The van der Waals surface area contributed by atoms with Crippen molar-refractivity contribution in [1.82, 2.24) is 29.1 Å². The van der Waals surface area contributed by atoms with Crippen molar-refractivity contribution < 1.29 is 8.78 Å². The van der Waals surface area contributed by atoms with E-state index in [2.05, 4.69) is 13.8 Å². The molecule has 4 aromatic carbocycles. The van der Waals surface area contributed by atoms with Crippen LogP contribution in [0, 0.1) is 11.6 Å². The number of imidazole rings is 2. The lowest BCUT2D eigenvalue weighted by Crippen LogP contribution is -2.38. The van der Waals surface area contributed by atoms with Gasteiger partial charge in [0.05, 0.1) is 47.8 Å². The fourth-order valence-electron chi connectivity index (χ4n) is 6.88. The van der Waals surface area contributed by atoms with Gasteiger partial charge in [-0.25, -0.2) is 38.7 Å². The summed E-state index contributed by atoms with van der Waals surface area (Å²) < 4.78 is 34.6. The maximum Gasteiger partial charge on any atom is 0.171 e. The zero-order chi connectivity index (χ0) is 39.1. The first-order valence-electron chi connectivity index (χ1n) is 17.9. The Bertz CT molecular complexity index is 2730. The number of aryl methyl sites for hydroxylation is 2. The van der Waals surface area contributed by atoms with E-state index in [0.29, 0.717) is 51.6 Å². The number of hydrogen-bond acceptors (Lipinski definition) is 6. The first-order valence-corrected chi connectivity index (χ1v) is 19.4. The van der Waals surface area contributed by atoms with E-state index in [1.165, 1.54) is 35.3 Å². The molecule has 0 aliphatic rings. The van der Waals surface area contributed by atoms with E-state index in [4.69, 9.17) is 66.3 Å². The van der Waals surface area contributed by atoms with Crippen LogP contribution < -0.4 is 10.0 Å². The van der Waals surface area contributed by atoms with Crippen LogP contribution in [0.1, 0.15) is 26.7 Å². The molecule has 0 atom stereocenters. The smallest absolute Gasteiger partial charge is 0.171 e. The van der Waals surface area contributed by atoms with E-state index in [1.807, 2.05) is 45.5 Å². The summed E-state index contributed by atoms with van der Waals surface area (Å²) in [6.45, 7) is 5.44.